The van der Waals surface area contributed by atoms with Gasteiger partial charge in [-0.2, -0.15) is 0 Å². The number of hydrogen-bond acceptors (Lipinski definition) is 3. The number of ketones is 1. The van der Waals surface area contributed by atoms with E-state index in [-0.39, 0.29) is 5.78 Å². The average molecular weight is 373 g/mol. The van der Waals surface area contributed by atoms with Gasteiger partial charge in [0.15, 0.2) is 5.78 Å². The van der Waals surface area contributed by atoms with Gasteiger partial charge in [0.25, 0.3) is 0 Å². The summed E-state index contributed by atoms with van der Waals surface area (Å²) in [6.45, 7) is 1.60. The first-order chi connectivity index (χ1) is 9.56. The van der Waals surface area contributed by atoms with Crippen molar-refractivity contribution in [3.8, 4) is 0 Å². The molecule has 0 saturated carbocycles. The van der Waals surface area contributed by atoms with E-state index in [1.54, 1.807) is 23.5 Å². The fraction of sp³-hybridized carbons (Fsp3) is 0.267. The zero-order valence-electron chi connectivity index (χ0n) is 11.1. The van der Waals surface area contributed by atoms with E-state index >= 15 is 0 Å². The highest BCUT2D eigenvalue weighted by molar-refractivity contribution is 9.10. The molecule has 0 unspecified atom stereocenters. The molecule has 106 valence electrons. The smallest absolute Gasteiger partial charge is 0.165 e. The Morgan fingerprint density at radius 2 is 2.20 bits per heavy atom. The maximum absolute atomic E-state index is 12.2. The molecule has 0 aliphatic heterocycles. The van der Waals surface area contributed by atoms with Crippen LogP contribution in [0.1, 0.15) is 21.7 Å². The number of hydrogen-bond donors (Lipinski definition) is 0. The van der Waals surface area contributed by atoms with Crippen molar-refractivity contribution in [2.75, 3.05) is 13.6 Å². The SMILES string of the molecule is CN(CCC(=O)c1ccc(Br)cc1Cl)Cc1cccs1. The largest absolute Gasteiger partial charge is 0.301 e. The second kappa shape index (κ2) is 7.36. The van der Waals surface area contributed by atoms with Crippen molar-refractivity contribution in [3.05, 3.63) is 55.6 Å². The van der Waals surface area contributed by atoms with E-state index in [0.717, 1.165) is 17.6 Å². The van der Waals surface area contributed by atoms with Crippen LogP contribution in [0, 0.1) is 0 Å². The van der Waals surface area contributed by atoms with Crippen LogP contribution in [0.15, 0.2) is 40.2 Å². The van der Waals surface area contributed by atoms with Gasteiger partial charge in [-0.15, -0.1) is 11.3 Å². The topological polar surface area (TPSA) is 20.3 Å². The van der Waals surface area contributed by atoms with Gasteiger partial charge in [-0.05, 0) is 36.7 Å². The average Bonchev–Trinajstić information content (AvgIpc) is 2.89. The summed E-state index contributed by atoms with van der Waals surface area (Å²) in [5, 5.41) is 2.57. The molecule has 2 nitrogen and oxygen atoms in total. The van der Waals surface area contributed by atoms with Crippen molar-refractivity contribution in [3.63, 3.8) is 0 Å². The van der Waals surface area contributed by atoms with Crippen molar-refractivity contribution in [2.24, 2.45) is 0 Å². The summed E-state index contributed by atoms with van der Waals surface area (Å²) in [6.07, 6.45) is 0.475. The molecule has 1 aromatic carbocycles. The second-order valence-corrected chi connectivity index (χ2v) is 6.97. The summed E-state index contributed by atoms with van der Waals surface area (Å²) >= 11 is 11.2. The number of halogens is 2. The van der Waals surface area contributed by atoms with E-state index < -0.39 is 0 Å². The van der Waals surface area contributed by atoms with Crippen molar-refractivity contribution in [1.29, 1.82) is 0 Å². The molecule has 5 heteroatoms. The number of rotatable bonds is 6. The van der Waals surface area contributed by atoms with Gasteiger partial charge in [0.1, 0.15) is 0 Å². The van der Waals surface area contributed by atoms with Gasteiger partial charge in [-0.25, -0.2) is 0 Å². The number of thiophene rings is 1. The summed E-state index contributed by atoms with van der Waals surface area (Å²) in [7, 11) is 2.02. The zero-order chi connectivity index (χ0) is 14.5. The van der Waals surface area contributed by atoms with Gasteiger partial charge < -0.3 is 4.90 Å². The molecule has 0 fully saturated rings. The van der Waals surface area contributed by atoms with E-state index in [1.165, 1.54) is 4.88 Å². The third-order valence-electron chi connectivity index (χ3n) is 2.96. The van der Waals surface area contributed by atoms with Crippen LogP contribution in [0.2, 0.25) is 5.02 Å². The first-order valence-electron chi connectivity index (χ1n) is 6.25. The third kappa shape index (κ3) is 4.42. The monoisotopic (exact) mass is 371 g/mol. The minimum atomic E-state index is 0.0838. The first kappa shape index (κ1) is 15.7. The maximum Gasteiger partial charge on any atom is 0.165 e. The molecule has 0 radical (unpaired) electrons. The molecule has 0 saturated heterocycles. The summed E-state index contributed by atoms with van der Waals surface area (Å²) in [5.41, 5.74) is 0.597. The van der Waals surface area contributed by atoms with Gasteiger partial charge in [0, 0.05) is 34.4 Å². The maximum atomic E-state index is 12.2. The Bertz CT molecular complexity index is 586. The molecule has 20 heavy (non-hydrogen) atoms. The molecule has 1 heterocycles. The second-order valence-electron chi connectivity index (χ2n) is 4.61. The van der Waals surface area contributed by atoms with Crippen molar-refractivity contribution < 1.29 is 4.79 Å². The third-order valence-corrected chi connectivity index (χ3v) is 4.63. The predicted molar refractivity (Wildman–Crippen MR) is 88.8 cm³/mol. The fourth-order valence-corrected chi connectivity index (χ4v) is 3.45. The summed E-state index contributed by atoms with van der Waals surface area (Å²) in [5.74, 6) is 0.0838. The molecule has 2 aromatic rings. The summed E-state index contributed by atoms with van der Waals surface area (Å²) in [6, 6.07) is 9.52. The number of carbonyl (C=O) groups is 1. The summed E-state index contributed by atoms with van der Waals surface area (Å²) in [4.78, 5) is 15.6. The molecule has 1 aromatic heterocycles. The highest BCUT2D eigenvalue weighted by Crippen LogP contribution is 2.22. The Morgan fingerprint density at radius 3 is 2.85 bits per heavy atom. The lowest BCUT2D eigenvalue weighted by Crippen LogP contribution is -2.21. The van der Waals surface area contributed by atoms with Crippen molar-refractivity contribution in [1.82, 2.24) is 4.90 Å². The molecule has 0 spiro atoms. The van der Waals surface area contributed by atoms with Crippen LogP contribution < -0.4 is 0 Å². The lowest BCUT2D eigenvalue weighted by atomic mass is 10.1. The van der Waals surface area contributed by atoms with Crippen molar-refractivity contribution >= 4 is 44.7 Å². The molecule has 0 atom stereocenters. The van der Waals surface area contributed by atoms with Gasteiger partial charge in [0.2, 0.25) is 0 Å². The van der Waals surface area contributed by atoms with Crippen LogP contribution in [-0.4, -0.2) is 24.3 Å². The Morgan fingerprint density at radius 1 is 1.40 bits per heavy atom. The zero-order valence-corrected chi connectivity index (χ0v) is 14.3. The van der Waals surface area contributed by atoms with Gasteiger partial charge in [-0.1, -0.05) is 33.6 Å². The van der Waals surface area contributed by atoms with E-state index in [0.29, 0.717) is 17.0 Å². The first-order valence-corrected chi connectivity index (χ1v) is 8.30. The van der Waals surface area contributed by atoms with E-state index in [2.05, 4.69) is 32.3 Å². The number of Topliss-reactive ketones (excluding diaryl/α,β-unsaturated/α-hetero) is 1. The standard InChI is InChI=1S/C15H15BrClNOS/c1-18(10-12-3-2-8-20-12)7-6-15(19)13-5-4-11(16)9-14(13)17/h2-5,8-9H,6-7,10H2,1H3. The molecule has 0 aliphatic carbocycles. The Labute approximate surface area is 136 Å². The normalized spacial score (nSPS) is 11.0. The van der Waals surface area contributed by atoms with Crippen LogP contribution in [0.4, 0.5) is 0 Å². The highest BCUT2D eigenvalue weighted by atomic mass is 79.9. The molecular formula is C15H15BrClNOS. The van der Waals surface area contributed by atoms with E-state index in [1.807, 2.05) is 19.2 Å². The van der Waals surface area contributed by atoms with E-state index in [9.17, 15) is 4.79 Å². The molecule has 0 amide bonds. The summed E-state index contributed by atoms with van der Waals surface area (Å²) < 4.78 is 0.883. The van der Waals surface area contributed by atoms with Crippen LogP contribution in [0.5, 0.6) is 0 Å². The van der Waals surface area contributed by atoms with Gasteiger partial charge in [-0.3, -0.25) is 4.79 Å². The van der Waals surface area contributed by atoms with Crippen LogP contribution >= 0.6 is 38.9 Å². The number of benzene rings is 1. The van der Waals surface area contributed by atoms with Gasteiger partial charge >= 0.3 is 0 Å². The van der Waals surface area contributed by atoms with E-state index in [4.69, 9.17) is 11.6 Å². The van der Waals surface area contributed by atoms with Crippen molar-refractivity contribution in [2.45, 2.75) is 13.0 Å². The minimum absolute atomic E-state index is 0.0838. The lowest BCUT2D eigenvalue weighted by Gasteiger charge is -2.15. The minimum Gasteiger partial charge on any atom is -0.301 e. The Hall–Kier alpha value is -0.680. The molecule has 0 bridgehead atoms. The van der Waals surface area contributed by atoms with Crippen LogP contribution in [-0.2, 0) is 6.54 Å². The fourth-order valence-electron chi connectivity index (χ4n) is 1.89. The van der Waals surface area contributed by atoms with Gasteiger partial charge in [0.05, 0.1) is 5.02 Å². The van der Waals surface area contributed by atoms with Crippen LogP contribution in [0.3, 0.4) is 0 Å². The number of carbonyl (C=O) groups excluding carboxylic acids is 1. The quantitative estimate of drug-likeness (QED) is 0.674. The Balaban J connectivity index is 1.88. The molecule has 2 rings (SSSR count). The molecule has 0 aliphatic rings. The highest BCUT2D eigenvalue weighted by Gasteiger charge is 2.12. The Kier molecular flexibility index (Phi) is 5.78. The van der Waals surface area contributed by atoms with Crippen LogP contribution in [0.25, 0.3) is 0 Å². The number of nitrogens with zero attached hydrogens (tertiary/aromatic N) is 1. The molecule has 0 N–H and O–H groups in total. The molecular weight excluding hydrogens is 358 g/mol. The predicted octanol–water partition coefficient (Wildman–Crippen LogP) is 4.87. The lowest BCUT2D eigenvalue weighted by molar-refractivity contribution is 0.0968.